The first-order valence-corrected chi connectivity index (χ1v) is 6.55. The van der Waals surface area contributed by atoms with Crippen molar-refractivity contribution in [2.75, 3.05) is 5.73 Å². The molecule has 2 N–H and O–H groups in total. The summed E-state index contributed by atoms with van der Waals surface area (Å²) < 4.78 is 5.23. The van der Waals surface area contributed by atoms with Crippen LogP contribution in [0.1, 0.15) is 11.1 Å². The van der Waals surface area contributed by atoms with Crippen LogP contribution in [0.5, 0.6) is 0 Å². The van der Waals surface area contributed by atoms with E-state index in [2.05, 4.69) is 37.2 Å². The molecule has 1 aromatic heterocycles. The second-order valence-electron chi connectivity index (χ2n) is 4.95. The summed E-state index contributed by atoms with van der Waals surface area (Å²) in [4.78, 5) is 0. The minimum atomic E-state index is 0.357. The van der Waals surface area contributed by atoms with Crippen LogP contribution in [0, 0.1) is 13.8 Å². The summed E-state index contributed by atoms with van der Waals surface area (Å²) in [5.74, 6) is 0.357. The van der Waals surface area contributed by atoms with Crippen LogP contribution >= 0.6 is 0 Å². The Hall–Kier alpha value is -2.55. The Balaban J connectivity index is 2.23. The van der Waals surface area contributed by atoms with E-state index >= 15 is 0 Å². The van der Waals surface area contributed by atoms with Crippen molar-refractivity contribution in [1.82, 2.24) is 5.16 Å². The van der Waals surface area contributed by atoms with Crippen LogP contribution < -0.4 is 5.73 Å². The van der Waals surface area contributed by atoms with Gasteiger partial charge in [-0.1, -0.05) is 53.2 Å². The van der Waals surface area contributed by atoms with Gasteiger partial charge in [-0.05, 0) is 31.0 Å². The zero-order valence-electron chi connectivity index (χ0n) is 11.6. The molecule has 0 radical (unpaired) electrons. The van der Waals surface area contributed by atoms with Gasteiger partial charge in [0.25, 0.3) is 0 Å². The van der Waals surface area contributed by atoms with Crippen molar-refractivity contribution < 1.29 is 4.52 Å². The van der Waals surface area contributed by atoms with E-state index in [-0.39, 0.29) is 0 Å². The van der Waals surface area contributed by atoms with E-state index in [0.717, 1.165) is 27.9 Å². The number of nitrogens with two attached hydrogens (primary N) is 1. The average molecular weight is 264 g/mol. The number of nitrogens with zero attached hydrogens (tertiary/aromatic N) is 1. The van der Waals surface area contributed by atoms with E-state index in [9.17, 15) is 0 Å². The van der Waals surface area contributed by atoms with Crippen LogP contribution in [0.25, 0.3) is 22.4 Å². The molecule has 0 saturated carbocycles. The Kier molecular flexibility index (Phi) is 3.03. The van der Waals surface area contributed by atoms with Gasteiger partial charge in [-0.25, -0.2) is 0 Å². The summed E-state index contributed by atoms with van der Waals surface area (Å²) in [7, 11) is 0. The fourth-order valence-electron chi connectivity index (χ4n) is 2.41. The summed E-state index contributed by atoms with van der Waals surface area (Å²) in [5, 5.41) is 4.14. The second kappa shape index (κ2) is 4.85. The first-order valence-electron chi connectivity index (χ1n) is 6.55. The first-order chi connectivity index (χ1) is 9.66. The third kappa shape index (κ3) is 2.07. The lowest BCUT2D eigenvalue weighted by Crippen LogP contribution is -1.90. The molecule has 3 heteroatoms. The lowest BCUT2D eigenvalue weighted by Gasteiger charge is -2.06. The van der Waals surface area contributed by atoms with Gasteiger partial charge in [-0.15, -0.1) is 0 Å². The molecule has 0 aliphatic rings. The molecular weight excluding hydrogens is 248 g/mol. The molecule has 0 unspecified atom stereocenters. The number of anilines is 1. The number of nitrogen functional groups attached to an aromatic ring is 1. The maximum Gasteiger partial charge on any atom is 0.230 e. The van der Waals surface area contributed by atoms with E-state index < -0.39 is 0 Å². The second-order valence-corrected chi connectivity index (χ2v) is 4.95. The molecule has 20 heavy (non-hydrogen) atoms. The molecule has 0 atom stereocenters. The molecule has 0 spiro atoms. The quantitative estimate of drug-likeness (QED) is 0.754. The largest absolute Gasteiger partial charge is 0.367 e. The Morgan fingerprint density at radius 1 is 1.00 bits per heavy atom. The fourth-order valence-corrected chi connectivity index (χ4v) is 2.41. The van der Waals surface area contributed by atoms with Gasteiger partial charge in [0.05, 0.1) is 5.56 Å². The highest BCUT2D eigenvalue weighted by atomic mass is 16.5. The summed E-state index contributed by atoms with van der Waals surface area (Å²) in [6, 6.07) is 16.3. The van der Waals surface area contributed by atoms with Gasteiger partial charge in [0.1, 0.15) is 5.69 Å². The number of hydrogen-bond acceptors (Lipinski definition) is 3. The molecular formula is C17H16N2O. The van der Waals surface area contributed by atoms with Gasteiger partial charge in [0.15, 0.2) is 0 Å². The molecule has 2 aromatic carbocycles. The SMILES string of the molecule is Cc1cccc(-c2noc(N)c2-c2ccccc2C)c1. The number of hydrogen-bond donors (Lipinski definition) is 1. The smallest absolute Gasteiger partial charge is 0.230 e. The molecule has 3 aromatic rings. The molecule has 0 bridgehead atoms. The van der Waals surface area contributed by atoms with E-state index in [1.807, 2.05) is 30.3 Å². The third-order valence-electron chi connectivity index (χ3n) is 3.42. The maximum atomic E-state index is 5.99. The van der Waals surface area contributed by atoms with Crippen LogP contribution in [-0.4, -0.2) is 5.16 Å². The monoisotopic (exact) mass is 264 g/mol. The summed E-state index contributed by atoms with van der Waals surface area (Å²) in [5.41, 5.74) is 12.1. The molecule has 100 valence electrons. The van der Waals surface area contributed by atoms with E-state index in [0.29, 0.717) is 5.88 Å². The first kappa shape index (κ1) is 12.5. The van der Waals surface area contributed by atoms with Crippen LogP contribution in [0.15, 0.2) is 53.1 Å². The Bertz CT molecular complexity index is 759. The van der Waals surface area contributed by atoms with E-state index in [4.69, 9.17) is 10.3 Å². The molecule has 0 amide bonds. The molecule has 1 heterocycles. The Labute approximate surface area is 118 Å². The van der Waals surface area contributed by atoms with Gasteiger partial charge in [-0.3, -0.25) is 0 Å². The highest BCUT2D eigenvalue weighted by Crippen LogP contribution is 2.37. The Morgan fingerprint density at radius 2 is 1.80 bits per heavy atom. The van der Waals surface area contributed by atoms with Gasteiger partial charge < -0.3 is 10.3 Å². The lowest BCUT2D eigenvalue weighted by atomic mass is 9.97. The summed E-state index contributed by atoms with van der Waals surface area (Å²) in [6.45, 7) is 4.11. The zero-order chi connectivity index (χ0) is 14.1. The number of benzene rings is 2. The van der Waals surface area contributed by atoms with Gasteiger partial charge >= 0.3 is 0 Å². The average Bonchev–Trinajstić information content (AvgIpc) is 2.81. The molecule has 0 saturated heterocycles. The predicted molar refractivity (Wildman–Crippen MR) is 81.3 cm³/mol. The molecule has 3 nitrogen and oxygen atoms in total. The maximum absolute atomic E-state index is 5.99. The topological polar surface area (TPSA) is 52.0 Å². The van der Waals surface area contributed by atoms with E-state index in [1.54, 1.807) is 0 Å². The van der Waals surface area contributed by atoms with Gasteiger partial charge in [-0.2, -0.15) is 0 Å². The third-order valence-corrected chi connectivity index (χ3v) is 3.42. The zero-order valence-corrected chi connectivity index (χ0v) is 11.6. The minimum absolute atomic E-state index is 0.357. The lowest BCUT2D eigenvalue weighted by molar-refractivity contribution is 0.439. The van der Waals surface area contributed by atoms with Crippen molar-refractivity contribution in [2.45, 2.75) is 13.8 Å². The fraction of sp³-hybridized carbons (Fsp3) is 0.118. The predicted octanol–water partition coefficient (Wildman–Crippen LogP) is 4.21. The molecule has 0 fully saturated rings. The van der Waals surface area contributed by atoms with Gasteiger partial charge in [0.2, 0.25) is 5.88 Å². The summed E-state index contributed by atoms with van der Waals surface area (Å²) >= 11 is 0. The van der Waals surface area contributed by atoms with Crippen molar-refractivity contribution in [2.24, 2.45) is 0 Å². The van der Waals surface area contributed by atoms with Crippen LogP contribution in [0.2, 0.25) is 0 Å². The normalized spacial score (nSPS) is 10.7. The molecule has 0 aliphatic carbocycles. The van der Waals surface area contributed by atoms with Crippen molar-refractivity contribution in [3.63, 3.8) is 0 Å². The number of aromatic nitrogens is 1. The highest BCUT2D eigenvalue weighted by molar-refractivity contribution is 5.88. The standard InChI is InChI=1S/C17H16N2O/c1-11-6-5-8-13(10-11)16-15(17(18)20-19-16)14-9-4-3-7-12(14)2/h3-10H,18H2,1-2H3. The number of rotatable bonds is 2. The van der Waals surface area contributed by atoms with Crippen LogP contribution in [-0.2, 0) is 0 Å². The van der Waals surface area contributed by atoms with Crippen LogP contribution in [0.4, 0.5) is 5.88 Å². The molecule has 3 rings (SSSR count). The number of aryl methyl sites for hydroxylation is 2. The highest BCUT2D eigenvalue weighted by Gasteiger charge is 2.18. The van der Waals surface area contributed by atoms with Crippen molar-refractivity contribution in [3.05, 3.63) is 59.7 Å². The van der Waals surface area contributed by atoms with Crippen molar-refractivity contribution in [3.8, 4) is 22.4 Å². The Morgan fingerprint density at radius 3 is 2.55 bits per heavy atom. The minimum Gasteiger partial charge on any atom is -0.367 e. The van der Waals surface area contributed by atoms with Crippen molar-refractivity contribution >= 4 is 5.88 Å². The van der Waals surface area contributed by atoms with Crippen LogP contribution in [0.3, 0.4) is 0 Å². The molecule has 0 aliphatic heterocycles. The van der Waals surface area contributed by atoms with Crippen molar-refractivity contribution in [1.29, 1.82) is 0 Å². The summed E-state index contributed by atoms with van der Waals surface area (Å²) in [6.07, 6.45) is 0. The van der Waals surface area contributed by atoms with E-state index in [1.165, 1.54) is 5.56 Å². The van der Waals surface area contributed by atoms with Gasteiger partial charge in [0, 0.05) is 5.56 Å².